The number of nitrogens with zero attached hydrogens (tertiary/aromatic N) is 2. The topological polar surface area (TPSA) is 92.4 Å². The Bertz CT molecular complexity index is 900. The number of ketones is 1. The van der Waals surface area contributed by atoms with Gasteiger partial charge < -0.3 is 14.6 Å². The number of Topliss-reactive ketones (excluding diaryl/α,β-unsaturated/α-hetero) is 1. The molecule has 0 spiro atoms. The summed E-state index contributed by atoms with van der Waals surface area (Å²) >= 11 is 0. The van der Waals surface area contributed by atoms with E-state index in [-0.39, 0.29) is 30.8 Å². The lowest BCUT2D eigenvalue weighted by molar-refractivity contribution is -0.138. The third kappa shape index (κ3) is 4.55. The normalized spacial score (nSPS) is 13.6. The standard InChI is InChI=1S/C22H27N3O4/c1-4-29-22(28)20-14(2)19(15(3)24-20)18(26)13-25(21(27)17-6-5-7-17)12-16-8-10-23-11-9-16/h8-11,17,24H,4-7,12-13H2,1-3H3. The molecule has 2 aromatic rings. The lowest BCUT2D eigenvalue weighted by atomic mass is 9.84. The molecule has 2 heterocycles. The fraction of sp³-hybridized carbons (Fsp3) is 0.455. The van der Waals surface area contributed by atoms with Crippen molar-refractivity contribution in [1.82, 2.24) is 14.9 Å². The van der Waals surface area contributed by atoms with Gasteiger partial charge in [-0.2, -0.15) is 0 Å². The first-order valence-electron chi connectivity index (χ1n) is 9.99. The highest BCUT2D eigenvalue weighted by atomic mass is 16.5. The van der Waals surface area contributed by atoms with E-state index in [0.29, 0.717) is 29.1 Å². The van der Waals surface area contributed by atoms with Crippen LogP contribution in [0, 0.1) is 19.8 Å². The predicted molar refractivity (Wildman–Crippen MR) is 108 cm³/mol. The van der Waals surface area contributed by atoms with Crippen molar-refractivity contribution in [3.63, 3.8) is 0 Å². The molecule has 1 aliphatic carbocycles. The molecular formula is C22H27N3O4. The van der Waals surface area contributed by atoms with Gasteiger partial charge in [0.05, 0.1) is 13.2 Å². The molecule has 0 bridgehead atoms. The lowest BCUT2D eigenvalue weighted by Crippen LogP contribution is -2.41. The Morgan fingerprint density at radius 3 is 2.48 bits per heavy atom. The van der Waals surface area contributed by atoms with Crippen molar-refractivity contribution in [1.29, 1.82) is 0 Å². The molecule has 0 aliphatic heterocycles. The Morgan fingerprint density at radius 2 is 1.90 bits per heavy atom. The van der Waals surface area contributed by atoms with Crippen molar-refractivity contribution in [2.24, 2.45) is 5.92 Å². The Morgan fingerprint density at radius 1 is 1.21 bits per heavy atom. The molecule has 0 aromatic carbocycles. The van der Waals surface area contributed by atoms with Crippen molar-refractivity contribution < 1.29 is 19.1 Å². The summed E-state index contributed by atoms with van der Waals surface area (Å²) in [6, 6.07) is 3.69. The van der Waals surface area contributed by atoms with E-state index in [0.717, 1.165) is 24.8 Å². The van der Waals surface area contributed by atoms with Crippen molar-refractivity contribution >= 4 is 17.7 Å². The van der Waals surface area contributed by atoms with E-state index in [9.17, 15) is 14.4 Å². The van der Waals surface area contributed by atoms with Crippen molar-refractivity contribution in [3.8, 4) is 0 Å². The number of hydrogen-bond acceptors (Lipinski definition) is 5. The Hall–Kier alpha value is -2.96. The van der Waals surface area contributed by atoms with Crippen LogP contribution in [-0.4, -0.2) is 45.7 Å². The zero-order valence-electron chi connectivity index (χ0n) is 17.2. The summed E-state index contributed by atoms with van der Waals surface area (Å²) < 4.78 is 5.06. The first-order valence-corrected chi connectivity index (χ1v) is 9.99. The number of nitrogens with one attached hydrogen (secondary N) is 1. The number of aromatic amines is 1. The van der Waals surface area contributed by atoms with Gasteiger partial charge >= 0.3 is 5.97 Å². The zero-order chi connectivity index (χ0) is 21.0. The van der Waals surface area contributed by atoms with Crippen LogP contribution in [0.5, 0.6) is 0 Å². The SMILES string of the molecule is CCOC(=O)c1[nH]c(C)c(C(=O)CN(Cc2ccncc2)C(=O)C2CCC2)c1C. The van der Waals surface area contributed by atoms with Crippen LogP contribution in [0.1, 0.15) is 63.9 Å². The molecular weight excluding hydrogens is 370 g/mol. The molecule has 1 aliphatic rings. The molecule has 1 amide bonds. The molecule has 7 nitrogen and oxygen atoms in total. The number of carbonyl (C=O) groups is 3. The largest absolute Gasteiger partial charge is 0.461 e. The number of hydrogen-bond donors (Lipinski definition) is 1. The van der Waals surface area contributed by atoms with Crippen LogP contribution in [-0.2, 0) is 16.1 Å². The predicted octanol–water partition coefficient (Wildman–Crippen LogP) is 3.21. The van der Waals surface area contributed by atoms with Crippen LogP contribution >= 0.6 is 0 Å². The smallest absolute Gasteiger partial charge is 0.355 e. The first kappa shape index (κ1) is 20.8. The van der Waals surface area contributed by atoms with Gasteiger partial charge in [-0.1, -0.05) is 6.42 Å². The summed E-state index contributed by atoms with van der Waals surface area (Å²) in [5, 5.41) is 0. The molecule has 29 heavy (non-hydrogen) atoms. The van der Waals surface area contributed by atoms with Crippen LogP contribution in [0.2, 0.25) is 0 Å². The molecule has 154 valence electrons. The van der Waals surface area contributed by atoms with E-state index in [2.05, 4.69) is 9.97 Å². The highest BCUT2D eigenvalue weighted by Crippen LogP contribution is 2.29. The second kappa shape index (κ2) is 9.03. The van der Waals surface area contributed by atoms with Crippen molar-refractivity contribution in [2.75, 3.05) is 13.2 Å². The molecule has 1 fully saturated rings. The van der Waals surface area contributed by atoms with Gasteiger partial charge in [-0.25, -0.2) is 4.79 Å². The number of ether oxygens (including phenoxy) is 1. The molecule has 7 heteroatoms. The highest BCUT2D eigenvalue weighted by Gasteiger charge is 2.32. The van der Waals surface area contributed by atoms with E-state index in [1.807, 2.05) is 12.1 Å². The summed E-state index contributed by atoms with van der Waals surface area (Å²) in [5.74, 6) is -0.661. The Labute approximate surface area is 170 Å². The second-order valence-corrected chi connectivity index (χ2v) is 7.45. The van der Waals surface area contributed by atoms with Crippen LogP contribution in [0.4, 0.5) is 0 Å². The van der Waals surface area contributed by atoms with E-state index < -0.39 is 5.97 Å². The quantitative estimate of drug-likeness (QED) is 0.545. The van der Waals surface area contributed by atoms with Crippen LogP contribution in [0.3, 0.4) is 0 Å². The molecule has 0 atom stereocenters. The van der Waals surface area contributed by atoms with Gasteiger partial charge in [0.25, 0.3) is 0 Å². The number of esters is 1. The maximum Gasteiger partial charge on any atom is 0.355 e. The molecule has 1 saturated carbocycles. The summed E-state index contributed by atoms with van der Waals surface area (Å²) in [5.41, 5.74) is 2.84. The molecule has 3 rings (SSSR count). The van der Waals surface area contributed by atoms with Gasteiger partial charge in [0.15, 0.2) is 5.78 Å². The Balaban J connectivity index is 1.82. The molecule has 0 radical (unpaired) electrons. The van der Waals surface area contributed by atoms with Crippen molar-refractivity contribution in [3.05, 3.63) is 52.6 Å². The minimum atomic E-state index is -0.480. The van der Waals surface area contributed by atoms with Crippen LogP contribution in [0.15, 0.2) is 24.5 Å². The van der Waals surface area contributed by atoms with Gasteiger partial charge in [0, 0.05) is 36.1 Å². The number of rotatable bonds is 8. The van der Waals surface area contributed by atoms with E-state index in [4.69, 9.17) is 4.74 Å². The number of H-pyrrole nitrogens is 1. The minimum absolute atomic E-state index is 0.00634. The average molecular weight is 397 g/mol. The van der Waals surface area contributed by atoms with Gasteiger partial charge in [0.2, 0.25) is 5.91 Å². The molecule has 0 saturated heterocycles. The maximum atomic E-state index is 13.1. The third-order valence-electron chi connectivity index (χ3n) is 5.42. The van der Waals surface area contributed by atoms with E-state index in [1.54, 1.807) is 38.1 Å². The summed E-state index contributed by atoms with van der Waals surface area (Å²) in [7, 11) is 0. The second-order valence-electron chi connectivity index (χ2n) is 7.45. The van der Waals surface area contributed by atoms with Crippen molar-refractivity contribution in [2.45, 2.75) is 46.6 Å². The molecule has 2 aromatic heterocycles. The fourth-order valence-corrected chi connectivity index (χ4v) is 3.66. The summed E-state index contributed by atoms with van der Waals surface area (Å²) in [4.78, 5) is 46.8. The van der Waals surface area contributed by atoms with Gasteiger partial charge in [-0.3, -0.25) is 14.6 Å². The minimum Gasteiger partial charge on any atom is -0.461 e. The number of carbonyl (C=O) groups excluding carboxylic acids is 3. The number of amides is 1. The van der Waals surface area contributed by atoms with Gasteiger partial charge in [-0.05, 0) is 56.9 Å². The number of aryl methyl sites for hydroxylation is 1. The monoisotopic (exact) mass is 397 g/mol. The summed E-state index contributed by atoms with van der Waals surface area (Å²) in [6.07, 6.45) is 6.14. The highest BCUT2D eigenvalue weighted by molar-refractivity contribution is 6.04. The van der Waals surface area contributed by atoms with E-state index in [1.165, 1.54) is 0 Å². The third-order valence-corrected chi connectivity index (χ3v) is 5.42. The fourth-order valence-electron chi connectivity index (χ4n) is 3.66. The van der Waals surface area contributed by atoms with Crippen LogP contribution in [0.25, 0.3) is 0 Å². The van der Waals surface area contributed by atoms with Gasteiger partial charge in [0.1, 0.15) is 5.69 Å². The zero-order valence-corrected chi connectivity index (χ0v) is 17.2. The maximum absolute atomic E-state index is 13.1. The average Bonchev–Trinajstić information content (AvgIpc) is 2.95. The number of aromatic nitrogens is 2. The molecule has 1 N–H and O–H groups in total. The summed E-state index contributed by atoms with van der Waals surface area (Å²) in [6.45, 7) is 5.80. The van der Waals surface area contributed by atoms with Crippen LogP contribution < -0.4 is 0 Å². The molecule has 0 unspecified atom stereocenters. The first-order chi connectivity index (χ1) is 13.9. The number of pyridine rings is 1. The van der Waals surface area contributed by atoms with Gasteiger partial charge in [-0.15, -0.1) is 0 Å². The lowest BCUT2D eigenvalue weighted by Gasteiger charge is -2.31. The Kier molecular flexibility index (Phi) is 6.46. The van der Waals surface area contributed by atoms with E-state index >= 15 is 0 Å².